The second-order valence-electron chi connectivity index (χ2n) is 8.00. The van der Waals surface area contributed by atoms with Crippen LogP contribution in [-0.2, 0) is 4.74 Å². The van der Waals surface area contributed by atoms with Crippen molar-refractivity contribution in [1.29, 1.82) is 0 Å². The molecule has 1 saturated heterocycles. The SMILES string of the molecule is O=C(O)c1ccccc1Nc1cc(N2CCOCC2)c2noc3c2c1C(=O)c1ccccc1-3. The molecule has 6 rings (SSSR count). The fraction of sp³-hybridized carbons (Fsp3) is 0.160. The van der Waals surface area contributed by atoms with Crippen LogP contribution >= 0.6 is 0 Å². The monoisotopic (exact) mass is 441 g/mol. The van der Waals surface area contributed by atoms with Gasteiger partial charge < -0.3 is 24.6 Å². The first-order chi connectivity index (χ1) is 16.1. The maximum absolute atomic E-state index is 13.7. The maximum atomic E-state index is 13.7. The number of nitrogens with zero attached hydrogens (tertiary/aromatic N) is 2. The first kappa shape index (κ1) is 19.5. The molecule has 8 heteroatoms. The Morgan fingerprint density at radius 1 is 1.00 bits per heavy atom. The van der Waals surface area contributed by atoms with Crippen molar-refractivity contribution < 1.29 is 24.0 Å². The van der Waals surface area contributed by atoms with Gasteiger partial charge in [-0.05, 0) is 18.2 Å². The lowest BCUT2D eigenvalue weighted by Crippen LogP contribution is -2.36. The molecule has 0 amide bonds. The van der Waals surface area contributed by atoms with Crippen molar-refractivity contribution in [2.24, 2.45) is 0 Å². The minimum absolute atomic E-state index is 0.118. The molecule has 1 aromatic heterocycles. The lowest BCUT2D eigenvalue weighted by atomic mass is 9.86. The molecular weight excluding hydrogens is 422 g/mol. The molecule has 3 aromatic carbocycles. The van der Waals surface area contributed by atoms with Crippen LogP contribution in [0.25, 0.3) is 22.2 Å². The maximum Gasteiger partial charge on any atom is 0.337 e. The van der Waals surface area contributed by atoms with Crippen molar-refractivity contribution >= 4 is 39.7 Å². The molecule has 1 fully saturated rings. The molecule has 2 heterocycles. The number of aromatic carboxylic acids is 1. The van der Waals surface area contributed by atoms with E-state index >= 15 is 0 Å². The molecule has 0 radical (unpaired) electrons. The molecule has 0 bridgehead atoms. The van der Waals surface area contributed by atoms with E-state index in [9.17, 15) is 14.7 Å². The van der Waals surface area contributed by atoms with E-state index in [1.807, 2.05) is 24.3 Å². The molecule has 1 aliphatic carbocycles. The number of anilines is 3. The average molecular weight is 441 g/mol. The number of aromatic nitrogens is 1. The van der Waals surface area contributed by atoms with Gasteiger partial charge in [-0.25, -0.2) is 4.79 Å². The summed E-state index contributed by atoms with van der Waals surface area (Å²) >= 11 is 0. The Morgan fingerprint density at radius 3 is 2.52 bits per heavy atom. The molecule has 4 aromatic rings. The minimum Gasteiger partial charge on any atom is -0.478 e. The van der Waals surface area contributed by atoms with Gasteiger partial charge in [0.2, 0.25) is 0 Å². The predicted octanol–water partition coefficient (Wildman–Crippen LogP) is 4.32. The number of hydrogen-bond donors (Lipinski definition) is 2. The highest BCUT2D eigenvalue weighted by Gasteiger charge is 2.34. The summed E-state index contributed by atoms with van der Waals surface area (Å²) in [5.74, 6) is -0.668. The molecule has 2 aliphatic rings. The van der Waals surface area contributed by atoms with Crippen LogP contribution in [0.5, 0.6) is 0 Å². The Hall–Kier alpha value is -4.17. The van der Waals surface area contributed by atoms with E-state index in [1.54, 1.807) is 24.3 Å². The second-order valence-corrected chi connectivity index (χ2v) is 8.00. The number of morpholine rings is 1. The minimum atomic E-state index is -1.05. The van der Waals surface area contributed by atoms with Crippen LogP contribution in [0.2, 0.25) is 0 Å². The Bertz CT molecular complexity index is 1440. The van der Waals surface area contributed by atoms with Gasteiger partial charge in [-0.15, -0.1) is 0 Å². The van der Waals surface area contributed by atoms with E-state index in [4.69, 9.17) is 9.26 Å². The Labute approximate surface area is 188 Å². The third kappa shape index (κ3) is 2.99. The van der Waals surface area contributed by atoms with Gasteiger partial charge in [0.1, 0.15) is 5.52 Å². The molecule has 8 nitrogen and oxygen atoms in total. The third-order valence-corrected chi connectivity index (χ3v) is 6.16. The van der Waals surface area contributed by atoms with Crippen LogP contribution in [-0.4, -0.2) is 48.3 Å². The number of carboxylic acid groups (broad SMARTS) is 1. The summed E-state index contributed by atoms with van der Waals surface area (Å²) in [5, 5.41) is 17.9. The summed E-state index contributed by atoms with van der Waals surface area (Å²) in [7, 11) is 0. The van der Waals surface area contributed by atoms with Crippen molar-refractivity contribution in [2.75, 3.05) is 36.5 Å². The van der Waals surface area contributed by atoms with E-state index < -0.39 is 5.97 Å². The first-order valence-electron chi connectivity index (χ1n) is 10.7. The summed E-state index contributed by atoms with van der Waals surface area (Å²) in [5.41, 5.74) is 4.12. The van der Waals surface area contributed by atoms with Gasteiger partial charge in [-0.3, -0.25) is 4.79 Å². The number of fused-ring (bicyclic) bond motifs is 2. The number of carboxylic acids is 1. The first-order valence-corrected chi connectivity index (χ1v) is 10.7. The third-order valence-electron chi connectivity index (χ3n) is 6.16. The Balaban J connectivity index is 1.62. The van der Waals surface area contributed by atoms with E-state index in [2.05, 4.69) is 15.4 Å². The van der Waals surface area contributed by atoms with Crippen molar-refractivity contribution in [3.63, 3.8) is 0 Å². The quantitative estimate of drug-likeness (QED) is 0.425. The number of para-hydroxylation sites is 1. The standard InChI is InChI=1S/C25H19N3O5/c29-23-14-5-1-2-6-15(14)24-21-20(23)18(26-17-8-4-3-7-16(17)25(30)31)13-19(22(21)27-33-24)28-9-11-32-12-10-28/h1-8,13,26H,9-12H2,(H,30,31). The van der Waals surface area contributed by atoms with Crippen LogP contribution in [0.4, 0.5) is 17.1 Å². The lowest BCUT2D eigenvalue weighted by Gasteiger charge is -2.30. The molecule has 1 aliphatic heterocycles. The van der Waals surface area contributed by atoms with Crippen LogP contribution in [0, 0.1) is 0 Å². The summed E-state index contributed by atoms with van der Waals surface area (Å²) in [6.07, 6.45) is 0. The molecule has 0 saturated carbocycles. The fourth-order valence-corrected chi connectivity index (χ4v) is 4.61. The molecule has 33 heavy (non-hydrogen) atoms. The number of carbonyl (C=O) groups excluding carboxylic acids is 1. The van der Waals surface area contributed by atoms with Crippen molar-refractivity contribution in [2.45, 2.75) is 0 Å². The van der Waals surface area contributed by atoms with Crippen molar-refractivity contribution in [3.8, 4) is 11.3 Å². The average Bonchev–Trinajstić information content (AvgIpc) is 3.29. The van der Waals surface area contributed by atoms with Crippen LogP contribution in [0.3, 0.4) is 0 Å². The van der Waals surface area contributed by atoms with Crippen LogP contribution in [0.15, 0.2) is 59.1 Å². The van der Waals surface area contributed by atoms with E-state index in [-0.39, 0.29) is 11.3 Å². The Morgan fingerprint density at radius 2 is 1.73 bits per heavy atom. The molecule has 2 N–H and O–H groups in total. The van der Waals surface area contributed by atoms with E-state index in [0.717, 1.165) is 5.69 Å². The zero-order valence-electron chi connectivity index (χ0n) is 17.5. The van der Waals surface area contributed by atoms with E-state index in [0.29, 0.717) is 71.0 Å². The lowest BCUT2D eigenvalue weighted by molar-refractivity contribution is 0.0697. The molecule has 164 valence electrons. The second kappa shape index (κ2) is 7.46. The summed E-state index contributed by atoms with van der Waals surface area (Å²) < 4.78 is 11.3. The van der Waals surface area contributed by atoms with Crippen molar-refractivity contribution in [3.05, 3.63) is 71.3 Å². The van der Waals surface area contributed by atoms with Gasteiger partial charge in [0.15, 0.2) is 11.5 Å². The fourth-order valence-electron chi connectivity index (χ4n) is 4.61. The highest BCUT2D eigenvalue weighted by atomic mass is 16.5. The van der Waals surface area contributed by atoms with Gasteiger partial charge in [-0.2, -0.15) is 0 Å². The zero-order valence-corrected chi connectivity index (χ0v) is 17.5. The predicted molar refractivity (Wildman–Crippen MR) is 123 cm³/mol. The van der Waals surface area contributed by atoms with Gasteiger partial charge in [0.05, 0.1) is 46.8 Å². The summed E-state index contributed by atoms with van der Waals surface area (Å²) in [6, 6.07) is 15.8. The highest BCUT2D eigenvalue weighted by molar-refractivity contribution is 6.29. The highest BCUT2D eigenvalue weighted by Crippen LogP contribution is 2.46. The van der Waals surface area contributed by atoms with E-state index in [1.165, 1.54) is 6.07 Å². The molecule has 0 spiro atoms. The molecule has 0 atom stereocenters. The largest absolute Gasteiger partial charge is 0.478 e. The molecular formula is C25H19N3O5. The van der Waals surface area contributed by atoms with Gasteiger partial charge in [0, 0.05) is 24.2 Å². The Kier molecular flexibility index (Phi) is 4.41. The van der Waals surface area contributed by atoms with Crippen molar-refractivity contribution in [1.82, 2.24) is 5.16 Å². The van der Waals surface area contributed by atoms with Gasteiger partial charge >= 0.3 is 5.97 Å². The zero-order chi connectivity index (χ0) is 22.5. The number of ketones is 1. The number of ether oxygens (including phenoxy) is 1. The van der Waals surface area contributed by atoms with Gasteiger partial charge in [-0.1, -0.05) is 41.6 Å². The topological polar surface area (TPSA) is 105 Å². The molecule has 0 unspecified atom stereocenters. The normalized spacial score (nSPS) is 14.9. The van der Waals surface area contributed by atoms with Gasteiger partial charge in [0.25, 0.3) is 0 Å². The number of carbonyl (C=O) groups is 2. The van der Waals surface area contributed by atoms with Crippen LogP contribution in [0.1, 0.15) is 26.3 Å². The van der Waals surface area contributed by atoms with Crippen LogP contribution < -0.4 is 10.2 Å². The summed E-state index contributed by atoms with van der Waals surface area (Å²) in [4.78, 5) is 27.6. The number of benzene rings is 3. The number of nitrogens with one attached hydrogen (secondary N) is 1. The number of rotatable bonds is 4. The number of hydrogen-bond acceptors (Lipinski definition) is 7. The smallest absolute Gasteiger partial charge is 0.337 e. The summed E-state index contributed by atoms with van der Waals surface area (Å²) in [6.45, 7) is 2.51.